The normalized spacial score (nSPS) is 9.88. The summed E-state index contributed by atoms with van der Waals surface area (Å²) in [5, 5.41) is 0. The monoisotopic (exact) mass is 228 g/mol. The molecule has 0 saturated carbocycles. The second-order valence-corrected chi connectivity index (χ2v) is 3.52. The van der Waals surface area contributed by atoms with Crippen molar-refractivity contribution in [1.82, 2.24) is 4.98 Å². The van der Waals surface area contributed by atoms with Crippen LogP contribution in [0.5, 0.6) is 0 Å². The third-order valence-corrected chi connectivity index (χ3v) is 2.20. The molecule has 0 aliphatic rings. The summed E-state index contributed by atoms with van der Waals surface area (Å²) < 4.78 is 5.11. The van der Waals surface area contributed by atoms with Crippen molar-refractivity contribution in [3.8, 4) is 0 Å². The topological polar surface area (TPSA) is 65.2 Å². The van der Waals surface area contributed by atoms with Crippen LogP contribution in [-0.2, 0) is 11.3 Å². The number of pyridine rings is 1. The van der Waals surface area contributed by atoms with Crippen LogP contribution in [0.4, 0.5) is 5.69 Å². The molecular weight excluding hydrogens is 216 g/mol. The Balaban J connectivity index is 1.98. The van der Waals surface area contributed by atoms with E-state index in [1.54, 1.807) is 36.5 Å². The Morgan fingerprint density at radius 3 is 2.82 bits per heavy atom. The van der Waals surface area contributed by atoms with Gasteiger partial charge >= 0.3 is 5.97 Å². The van der Waals surface area contributed by atoms with Gasteiger partial charge in [-0.05, 0) is 30.3 Å². The summed E-state index contributed by atoms with van der Waals surface area (Å²) in [5.74, 6) is -0.400. The Morgan fingerprint density at radius 2 is 2.12 bits per heavy atom. The van der Waals surface area contributed by atoms with Gasteiger partial charge in [0.1, 0.15) is 6.61 Å². The van der Waals surface area contributed by atoms with Gasteiger partial charge in [0, 0.05) is 11.9 Å². The molecule has 2 N–H and O–H groups in total. The SMILES string of the molecule is Nc1cccc(C(=O)OCc2ccccn2)c1. The van der Waals surface area contributed by atoms with E-state index in [9.17, 15) is 4.79 Å². The summed E-state index contributed by atoms with van der Waals surface area (Å²) >= 11 is 0. The molecule has 0 aliphatic heterocycles. The maximum Gasteiger partial charge on any atom is 0.338 e. The maximum atomic E-state index is 11.7. The summed E-state index contributed by atoms with van der Waals surface area (Å²) in [4.78, 5) is 15.7. The first-order valence-corrected chi connectivity index (χ1v) is 5.18. The van der Waals surface area contributed by atoms with E-state index in [0.717, 1.165) is 0 Å². The average Bonchev–Trinajstić information content (AvgIpc) is 2.37. The zero-order chi connectivity index (χ0) is 12.1. The lowest BCUT2D eigenvalue weighted by Gasteiger charge is -2.04. The Kier molecular flexibility index (Phi) is 3.35. The van der Waals surface area contributed by atoms with Gasteiger partial charge in [0.15, 0.2) is 0 Å². The molecule has 86 valence electrons. The third-order valence-electron chi connectivity index (χ3n) is 2.20. The van der Waals surface area contributed by atoms with Crippen molar-refractivity contribution < 1.29 is 9.53 Å². The largest absolute Gasteiger partial charge is 0.456 e. The summed E-state index contributed by atoms with van der Waals surface area (Å²) in [6, 6.07) is 12.1. The van der Waals surface area contributed by atoms with Crippen LogP contribution >= 0.6 is 0 Å². The maximum absolute atomic E-state index is 11.7. The first-order valence-electron chi connectivity index (χ1n) is 5.18. The van der Waals surface area contributed by atoms with Gasteiger partial charge in [-0.2, -0.15) is 0 Å². The summed E-state index contributed by atoms with van der Waals surface area (Å²) in [5.41, 5.74) is 7.28. The number of ether oxygens (including phenoxy) is 1. The van der Waals surface area contributed by atoms with Gasteiger partial charge in [0.2, 0.25) is 0 Å². The number of hydrogen-bond acceptors (Lipinski definition) is 4. The fourth-order valence-corrected chi connectivity index (χ4v) is 1.37. The number of nitrogens with zero attached hydrogens (tertiary/aromatic N) is 1. The molecular formula is C13H12N2O2. The zero-order valence-corrected chi connectivity index (χ0v) is 9.17. The molecule has 2 aromatic rings. The number of nitrogen functional groups attached to an aromatic ring is 1. The summed E-state index contributed by atoms with van der Waals surface area (Å²) in [7, 11) is 0. The quantitative estimate of drug-likeness (QED) is 0.644. The van der Waals surface area contributed by atoms with Crippen LogP contribution in [0.25, 0.3) is 0 Å². The molecule has 1 aromatic heterocycles. The van der Waals surface area contributed by atoms with Gasteiger partial charge in [-0.25, -0.2) is 4.79 Å². The molecule has 0 spiro atoms. The lowest BCUT2D eigenvalue weighted by molar-refractivity contribution is 0.0468. The van der Waals surface area contributed by atoms with Crippen LogP contribution in [0.3, 0.4) is 0 Å². The number of benzene rings is 1. The standard InChI is InChI=1S/C13H12N2O2/c14-11-5-3-4-10(8-11)13(16)17-9-12-6-1-2-7-15-12/h1-8H,9,14H2. The number of carbonyl (C=O) groups excluding carboxylic acids is 1. The van der Waals surface area contributed by atoms with Gasteiger partial charge < -0.3 is 10.5 Å². The molecule has 0 bridgehead atoms. The van der Waals surface area contributed by atoms with E-state index in [4.69, 9.17) is 10.5 Å². The number of carbonyl (C=O) groups is 1. The Labute approximate surface area is 99.1 Å². The molecule has 1 heterocycles. The summed E-state index contributed by atoms with van der Waals surface area (Å²) in [6.07, 6.45) is 1.66. The predicted molar refractivity (Wildman–Crippen MR) is 64.2 cm³/mol. The fraction of sp³-hybridized carbons (Fsp3) is 0.0769. The van der Waals surface area contributed by atoms with Crippen LogP contribution in [-0.4, -0.2) is 11.0 Å². The number of hydrogen-bond donors (Lipinski definition) is 1. The molecule has 0 fully saturated rings. The molecule has 0 radical (unpaired) electrons. The van der Waals surface area contributed by atoms with E-state index in [2.05, 4.69) is 4.98 Å². The van der Waals surface area contributed by atoms with Gasteiger partial charge in [-0.3, -0.25) is 4.98 Å². The first-order chi connectivity index (χ1) is 8.25. The lowest BCUT2D eigenvalue weighted by Crippen LogP contribution is -2.06. The predicted octanol–water partition coefficient (Wildman–Crippen LogP) is 2.02. The molecule has 0 atom stereocenters. The van der Waals surface area contributed by atoms with Crippen molar-refractivity contribution in [3.63, 3.8) is 0 Å². The molecule has 1 aromatic carbocycles. The minimum atomic E-state index is -0.400. The Bertz CT molecular complexity index is 512. The highest BCUT2D eigenvalue weighted by Gasteiger charge is 2.07. The second-order valence-electron chi connectivity index (χ2n) is 3.52. The van der Waals surface area contributed by atoms with E-state index in [-0.39, 0.29) is 6.61 Å². The molecule has 4 nitrogen and oxygen atoms in total. The minimum absolute atomic E-state index is 0.161. The van der Waals surface area contributed by atoms with Gasteiger partial charge in [0.25, 0.3) is 0 Å². The molecule has 0 unspecified atom stereocenters. The van der Waals surface area contributed by atoms with Gasteiger partial charge in [0.05, 0.1) is 11.3 Å². The second kappa shape index (κ2) is 5.12. The number of rotatable bonds is 3. The number of nitrogens with two attached hydrogens (primary N) is 1. The van der Waals surface area contributed by atoms with Crippen LogP contribution < -0.4 is 5.73 Å². The van der Waals surface area contributed by atoms with Gasteiger partial charge in [-0.1, -0.05) is 12.1 Å². The van der Waals surface area contributed by atoms with Crippen LogP contribution in [0.15, 0.2) is 48.7 Å². The highest BCUT2D eigenvalue weighted by molar-refractivity contribution is 5.90. The van der Waals surface area contributed by atoms with Crippen LogP contribution in [0.2, 0.25) is 0 Å². The van der Waals surface area contributed by atoms with E-state index < -0.39 is 5.97 Å². The van der Waals surface area contributed by atoms with Crippen molar-refractivity contribution in [3.05, 3.63) is 59.9 Å². The van der Waals surface area contributed by atoms with Crippen molar-refractivity contribution in [2.24, 2.45) is 0 Å². The van der Waals surface area contributed by atoms with E-state index in [0.29, 0.717) is 16.9 Å². The molecule has 0 amide bonds. The number of esters is 1. The smallest absolute Gasteiger partial charge is 0.338 e. The third kappa shape index (κ3) is 3.04. The Morgan fingerprint density at radius 1 is 1.24 bits per heavy atom. The molecule has 0 aliphatic carbocycles. The molecule has 2 rings (SSSR count). The van der Waals surface area contributed by atoms with Crippen molar-refractivity contribution in [2.75, 3.05) is 5.73 Å². The molecule has 0 saturated heterocycles. The first kappa shape index (κ1) is 11.1. The average molecular weight is 228 g/mol. The lowest BCUT2D eigenvalue weighted by atomic mass is 10.2. The zero-order valence-electron chi connectivity index (χ0n) is 9.17. The van der Waals surface area contributed by atoms with Crippen molar-refractivity contribution in [1.29, 1.82) is 0 Å². The summed E-state index contributed by atoms with van der Waals surface area (Å²) in [6.45, 7) is 0.161. The molecule has 17 heavy (non-hydrogen) atoms. The van der Waals surface area contributed by atoms with E-state index >= 15 is 0 Å². The van der Waals surface area contributed by atoms with Crippen LogP contribution in [0.1, 0.15) is 16.1 Å². The van der Waals surface area contributed by atoms with Crippen LogP contribution in [0, 0.1) is 0 Å². The van der Waals surface area contributed by atoms with Crippen molar-refractivity contribution >= 4 is 11.7 Å². The van der Waals surface area contributed by atoms with Crippen molar-refractivity contribution in [2.45, 2.75) is 6.61 Å². The minimum Gasteiger partial charge on any atom is -0.456 e. The molecule has 4 heteroatoms. The van der Waals surface area contributed by atoms with E-state index in [1.165, 1.54) is 0 Å². The number of aromatic nitrogens is 1. The highest BCUT2D eigenvalue weighted by atomic mass is 16.5. The fourth-order valence-electron chi connectivity index (χ4n) is 1.37. The van der Waals surface area contributed by atoms with Gasteiger partial charge in [-0.15, -0.1) is 0 Å². The highest BCUT2D eigenvalue weighted by Crippen LogP contribution is 2.09. The Hall–Kier alpha value is -2.36. The van der Waals surface area contributed by atoms with E-state index in [1.807, 2.05) is 12.1 Å². The number of anilines is 1.